The SMILES string of the molecule is CCCN(CCCl)CCS(=O)(=O)CC. The van der Waals surface area contributed by atoms with Crippen LogP contribution in [0.1, 0.15) is 20.3 Å². The smallest absolute Gasteiger partial charge is 0.151 e. The van der Waals surface area contributed by atoms with Gasteiger partial charge in [0.2, 0.25) is 0 Å². The fourth-order valence-corrected chi connectivity index (χ4v) is 2.25. The Labute approximate surface area is 92.3 Å². The van der Waals surface area contributed by atoms with Gasteiger partial charge >= 0.3 is 0 Å². The summed E-state index contributed by atoms with van der Waals surface area (Å²) in [6.45, 7) is 6.06. The van der Waals surface area contributed by atoms with Crippen LogP contribution in [0.15, 0.2) is 0 Å². The summed E-state index contributed by atoms with van der Waals surface area (Å²) in [7, 11) is -2.84. The number of rotatable bonds is 8. The topological polar surface area (TPSA) is 37.4 Å². The third-order valence-corrected chi connectivity index (χ3v) is 3.95. The maximum absolute atomic E-state index is 11.3. The summed E-state index contributed by atoms with van der Waals surface area (Å²) >= 11 is 5.62. The molecule has 0 N–H and O–H groups in total. The molecule has 0 heterocycles. The summed E-state index contributed by atoms with van der Waals surface area (Å²) in [5.74, 6) is 1.04. The second kappa shape index (κ2) is 7.49. The minimum atomic E-state index is -2.84. The molecular formula is C9H20ClNO2S. The molecule has 0 aromatic carbocycles. The van der Waals surface area contributed by atoms with Crippen LogP contribution in [-0.4, -0.2) is 50.3 Å². The van der Waals surface area contributed by atoms with E-state index in [1.54, 1.807) is 6.92 Å². The van der Waals surface area contributed by atoms with Gasteiger partial charge in [0.1, 0.15) is 0 Å². The fraction of sp³-hybridized carbons (Fsp3) is 1.00. The average Bonchev–Trinajstić information content (AvgIpc) is 2.15. The van der Waals surface area contributed by atoms with Crippen LogP contribution in [0.25, 0.3) is 0 Å². The van der Waals surface area contributed by atoms with Crippen LogP contribution in [0, 0.1) is 0 Å². The van der Waals surface area contributed by atoms with Gasteiger partial charge in [-0.3, -0.25) is 0 Å². The molecule has 0 fully saturated rings. The maximum atomic E-state index is 11.3. The Hall–Kier alpha value is 0.200. The molecule has 0 aliphatic rings. The summed E-state index contributed by atoms with van der Waals surface area (Å²) in [5, 5.41) is 0. The van der Waals surface area contributed by atoms with E-state index in [0.29, 0.717) is 12.4 Å². The second-order valence-electron chi connectivity index (χ2n) is 3.27. The van der Waals surface area contributed by atoms with E-state index in [1.807, 2.05) is 0 Å². The molecule has 0 amide bonds. The van der Waals surface area contributed by atoms with Gasteiger partial charge in [-0.25, -0.2) is 8.42 Å². The van der Waals surface area contributed by atoms with Crippen molar-refractivity contribution in [1.29, 1.82) is 0 Å². The van der Waals surface area contributed by atoms with Crippen molar-refractivity contribution in [1.82, 2.24) is 4.90 Å². The molecule has 0 aromatic rings. The van der Waals surface area contributed by atoms with Crippen LogP contribution < -0.4 is 0 Å². The number of sulfone groups is 1. The first-order valence-corrected chi connectivity index (χ1v) is 7.40. The van der Waals surface area contributed by atoms with E-state index in [4.69, 9.17) is 11.6 Å². The van der Waals surface area contributed by atoms with Gasteiger partial charge in [0.25, 0.3) is 0 Å². The lowest BCUT2D eigenvalue weighted by molar-refractivity contribution is 0.307. The summed E-state index contributed by atoms with van der Waals surface area (Å²) in [6.07, 6.45) is 1.03. The minimum absolute atomic E-state index is 0.230. The predicted molar refractivity (Wildman–Crippen MR) is 61.8 cm³/mol. The van der Waals surface area contributed by atoms with Crippen LogP contribution >= 0.6 is 11.6 Å². The Morgan fingerprint density at radius 3 is 2.21 bits per heavy atom. The summed E-state index contributed by atoms with van der Waals surface area (Å²) in [6, 6.07) is 0. The van der Waals surface area contributed by atoms with Crippen LogP contribution in [0.5, 0.6) is 0 Å². The number of hydrogen-bond donors (Lipinski definition) is 0. The van der Waals surface area contributed by atoms with Crippen LogP contribution in [0.2, 0.25) is 0 Å². The van der Waals surface area contributed by atoms with Crippen molar-refractivity contribution in [3.8, 4) is 0 Å². The monoisotopic (exact) mass is 241 g/mol. The van der Waals surface area contributed by atoms with E-state index in [0.717, 1.165) is 19.5 Å². The van der Waals surface area contributed by atoms with Gasteiger partial charge in [0, 0.05) is 24.7 Å². The van der Waals surface area contributed by atoms with Gasteiger partial charge in [-0.2, -0.15) is 0 Å². The van der Waals surface area contributed by atoms with Crippen molar-refractivity contribution in [3.63, 3.8) is 0 Å². The molecule has 0 aliphatic carbocycles. The number of alkyl halides is 1. The molecule has 0 saturated heterocycles. The summed E-state index contributed by atoms with van der Waals surface area (Å²) in [4.78, 5) is 2.10. The standard InChI is InChI=1S/C9H20ClNO2S/c1-3-6-11(7-5-10)8-9-14(12,13)4-2/h3-9H2,1-2H3. The normalized spacial score (nSPS) is 12.3. The zero-order valence-corrected chi connectivity index (χ0v) is 10.6. The number of hydrogen-bond acceptors (Lipinski definition) is 3. The van der Waals surface area contributed by atoms with Crippen molar-refractivity contribution in [2.24, 2.45) is 0 Å². The molecule has 0 spiro atoms. The lowest BCUT2D eigenvalue weighted by Gasteiger charge is -2.19. The van der Waals surface area contributed by atoms with Gasteiger partial charge in [-0.05, 0) is 13.0 Å². The molecule has 0 atom stereocenters. The molecule has 3 nitrogen and oxygen atoms in total. The van der Waals surface area contributed by atoms with Gasteiger partial charge in [0.15, 0.2) is 9.84 Å². The zero-order chi connectivity index (χ0) is 11.0. The van der Waals surface area contributed by atoms with E-state index in [-0.39, 0.29) is 11.5 Å². The van der Waals surface area contributed by atoms with Gasteiger partial charge in [-0.1, -0.05) is 13.8 Å². The molecule has 0 unspecified atom stereocenters. The molecule has 0 rings (SSSR count). The third kappa shape index (κ3) is 6.62. The van der Waals surface area contributed by atoms with Crippen LogP contribution in [0.3, 0.4) is 0 Å². The summed E-state index contributed by atoms with van der Waals surface area (Å²) in [5.41, 5.74) is 0. The fourth-order valence-electron chi connectivity index (χ4n) is 1.18. The first-order valence-electron chi connectivity index (χ1n) is 5.04. The molecule has 0 aliphatic heterocycles. The van der Waals surface area contributed by atoms with Crippen LogP contribution in [-0.2, 0) is 9.84 Å². The Bertz CT molecular complexity index is 223. The predicted octanol–water partition coefficient (Wildman–Crippen LogP) is 1.37. The highest BCUT2D eigenvalue weighted by molar-refractivity contribution is 7.91. The minimum Gasteiger partial charge on any atom is -0.301 e. The Kier molecular flexibility index (Phi) is 7.59. The molecule has 0 aromatic heterocycles. The number of nitrogens with zero attached hydrogens (tertiary/aromatic N) is 1. The molecule has 0 bridgehead atoms. The Balaban J connectivity index is 3.92. The Morgan fingerprint density at radius 2 is 1.79 bits per heavy atom. The van der Waals surface area contributed by atoms with Crippen molar-refractivity contribution in [3.05, 3.63) is 0 Å². The van der Waals surface area contributed by atoms with Crippen molar-refractivity contribution < 1.29 is 8.42 Å². The lowest BCUT2D eigenvalue weighted by Crippen LogP contribution is -2.32. The molecule has 5 heteroatoms. The second-order valence-corrected chi connectivity index (χ2v) is 6.12. The van der Waals surface area contributed by atoms with Gasteiger partial charge < -0.3 is 4.90 Å². The van der Waals surface area contributed by atoms with E-state index >= 15 is 0 Å². The molecule has 86 valence electrons. The highest BCUT2D eigenvalue weighted by Crippen LogP contribution is 1.96. The highest BCUT2D eigenvalue weighted by atomic mass is 35.5. The molecule has 0 saturated carbocycles. The third-order valence-electron chi connectivity index (χ3n) is 2.10. The van der Waals surface area contributed by atoms with Crippen molar-refractivity contribution >= 4 is 21.4 Å². The maximum Gasteiger partial charge on any atom is 0.151 e. The van der Waals surface area contributed by atoms with E-state index in [1.165, 1.54) is 0 Å². The summed E-state index contributed by atoms with van der Waals surface area (Å²) < 4.78 is 22.5. The highest BCUT2D eigenvalue weighted by Gasteiger charge is 2.10. The van der Waals surface area contributed by atoms with Crippen molar-refractivity contribution in [2.75, 3.05) is 37.0 Å². The zero-order valence-electron chi connectivity index (χ0n) is 9.00. The van der Waals surface area contributed by atoms with Crippen LogP contribution in [0.4, 0.5) is 0 Å². The molecular weight excluding hydrogens is 222 g/mol. The van der Waals surface area contributed by atoms with Crippen molar-refractivity contribution in [2.45, 2.75) is 20.3 Å². The first kappa shape index (κ1) is 14.2. The van der Waals surface area contributed by atoms with E-state index < -0.39 is 9.84 Å². The first-order chi connectivity index (χ1) is 6.55. The van der Waals surface area contributed by atoms with Gasteiger partial charge in [-0.15, -0.1) is 11.6 Å². The number of halogens is 1. The lowest BCUT2D eigenvalue weighted by atomic mass is 10.4. The molecule has 0 radical (unpaired) electrons. The largest absolute Gasteiger partial charge is 0.301 e. The van der Waals surface area contributed by atoms with E-state index in [9.17, 15) is 8.42 Å². The van der Waals surface area contributed by atoms with Gasteiger partial charge in [0.05, 0.1) is 5.75 Å². The molecule has 14 heavy (non-hydrogen) atoms. The Morgan fingerprint density at radius 1 is 1.14 bits per heavy atom. The quantitative estimate of drug-likeness (QED) is 0.603. The van der Waals surface area contributed by atoms with E-state index in [2.05, 4.69) is 11.8 Å². The average molecular weight is 242 g/mol.